The molecule has 4 saturated carbocycles. The first-order chi connectivity index (χ1) is 48.5. The van der Waals surface area contributed by atoms with Crippen molar-refractivity contribution in [2.24, 2.45) is 44.3 Å². The summed E-state index contributed by atoms with van der Waals surface area (Å²) in [5.41, 5.74) is 4.85. The molecule has 6 fully saturated rings. The molecule has 0 unspecified atom stereocenters. The maximum atomic E-state index is 6.29. The Morgan fingerprint density at radius 1 is 0.406 bits per heavy atom. The first kappa shape index (κ1) is 79.3. The van der Waals surface area contributed by atoms with Gasteiger partial charge in [-0.2, -0.15) is 0 Å². The third-order valence-electron chi connectivity index (χ3n) is 23.3. The van der Waals surface area contributed by atoms with Crippen LogP contribution in [0.3, 0.4) is 0 Å². The summed E-state index contributed by atoms with van der Waals surface area (Å²) in [5, 5.41) is 8.39. The number of benzene rings is 8. The molecule has 2 saturated heterocycles. The quantitative estimate of drug-likeness (QED) is 0.0547. The van der Waals surface area contributed by atoms with Crippen molar-refractivity contribution in [1.82, 2.24) is 0 Å². The molecule has 2 spiro atoms. The fourth-order valence-electron chi connectivity index (χ4n) is 18.6. The zero-order chi connectivity index (χ0) is 70.2. The Labute approximate surface area is 654 Å². The molecular weight excluding hydrogens is 1640 g/mol. The molecule has 2 heterocycles. The first-order valence-corrected chi connectivity index (χ1v) is 43.8. The van der Waals surface area contributed by atoms with Crippen molar-refractivity contribution >= 4 is 113 Å². The smallest absolute Gasteiger partial charge is 0.0134 e. The SMILES string of the molecule is C#C[C@]12CCCC=C1[C@@]1(C)CCC3(OCCO3)C(C)(C)[C@@H]1CC2.CC1(C)[C@@H]2CC[C@@]3(C#Cc4ccccc4)CCCC=C3[C@@]2(C)CCC12OCCO2.I.Ic1ccccc1.[Cl][Pd][Cl].c1ccc(P(c2ccccc2)c2ccccc2)cc1.c1ccc(P(c2ccccc2)c2ccccc2)cc1. The van der Waals surface area contributed by atoms with E-state index in [0.717, 1.165) is 64.1 Å². The van der Waals surface area contributed by atoms with Crippen LogP contribution in [-0.2, 0) is 34.9 Å². The van der Waals surface area contributed by atoms with E-state index in [1.165, 1.54) is 93.2 Å². The molecule has 8 aromatic carbocycles. The van der Waals surface area contributed by atoms with Crippen LogP contribution in [0, 0.1) is 72.1 Å². The van der Waals surface area contributed by atoms with E-state index in [0.29, 0.717) is 11.8 Å². The van der Waals surface area contributed by atoms with Gasteiger partial charge in [0.2, 0.25) is 0 Å². The normalized spacial score (nSPS) is 25.5. The van der Waals surface area contributed by atoms with E-state index in [1.807, 2.05) is 18.2 Å². The van der Waals surface area contributed by atoms with Crippen molar-refractivity contribution in [3.05, 3.63) is 275 Å². The van der Waals surface area contributed by atoms with Crippen molar-refractivity contribution in [3.8, 4) is 24.2 Å². The Balaban J connectivity index is 0.000000140. The van der Waals surface area contributed by atoms with Crippen molar-refractivity contribution in [2.75, 3.05) is 26.4 Å². The molecule has 2 aliphatic heterocycles. The van der Waals surface area contributed by atoms with Gasteiger partial charge in [-0.1, -0.05) is 290 Å². The average molecular weight is 1740 g/mol. The molecule has 6 atom stereocenters. The van der Waals surface area contributed by atoms with Crippen LogP contribution in [0.4, 0.5) is 0 Å². The second-order valence-electron chi connectivity index (χ2n) is 29.3. The van der Waals surface area contributed by atoms with Crippen LogP contribution >= 0.6 is 81.5 Å². The average Bonchev–Trinajstić information content (AvgIpc) is 1.52. The summed E-state index contributed by atoms with van der Waals surface area (Å²) in [5.74, 6) is 11.0. The summed E-state index contributed by atoms with van der Waals surface area (Å²) in [6, 6.07) is 85.4. The number of halogens is 4. The number of allylic oxidation sites excluding steroid dienone is 4. The van der Waals surface area contributed by atoms with Crippen molar-refractivity contribution in [1.29, 1.82) is 0 Å². The number of fused-ring (bicyclic) bond motifs is 6. The van der Waals surface area contributed by atoms with Crippen LogP contribution in [-0.4, -0.2) is 38.0 Å². The molecule has 11 heteroatoms. The molecule has 8 aromatic rings. The van der Waals surface area contributed by atoms with Crippen molar-refractivity contribution in [3.63, 3.8) is 0 Å². The Morgan fingerprint density at radius 2 is 0.693 bits per heavy atom. The predicted molar refractivity (Wildman–Crippen MR) is 444 cm³/mol. The number of hydrogen-bond acceptors (Lipinski definition) is 4. The molecule has 0 bridgehead atoms. The van der Waals surface area contributed by atoms with Gasteiger partial charge in [0.1, 0.15) is 0 Å². The molecule has 101 heavy (non-hydrogen) atoms. The molecular formula is C90H100Cl2I2O4P2Pd. The zero-order valence-electron chi connectivity index (χ0n) is 59.6. The maximum Gasteiger partial charge on any atom is -0.0134 e. The van der Waals surface area contributed by atoms with Gasteiger partial charge in [-0.25, -0.2) is 0 Å². The van der Waals surface area contributed by atoms with Gasteiger partial charge in [0.25, 0.3) is 0 Å². The minimum absolute atomic E-state index is 0. The second kappa shape index (κ2) is 36.4. The van der Waals surface area contributed by atoms with Gasteiger partial charge in [0.15, 0.2) is 11.6 Å². The molecule has 8 aliphatic rings. The van der Waals surface area contributed by atoms with E-state index >= 15 is 0 Å². The fourth-order valence-corrected chi connectivity index (χ4v) is 23.7. The fraction of sp³-hybridized carbons (Fsp3) is 0.378. The predicted octanol–water partition coefficient (Wildman–Crippen LogP) is 22.0. The van der Waals surface area contributed by atoms with E-state index in [-0.39, 0.29) is 84.0 Å². The summed E-state index contributed by atoms with van der Waals surface area (Å²) in [6.07, 6.45) is 27.4. The molecule has 16 rings (SSSR count). The summed E-state index contributed by atoms with van der Waals surface area (Å²) >= 11 is 2.17. The first-order valence-electron chi connectivity index (χ1n) is 36.0. The summed E-state index contributed by atoms with van der Waals surface area (Å²) in [6.45, 7) is 17.5. The van der Waals surface area contributed by atoms with E-state index in [1.54, 1.807) is 11.1 Å². The van der Waals surface area contributed by atoms with E-state index < -0.39 is 15.8 Å². The zero-order valence-corrected chi connectivity index (χ0v) is 68.9. The summed E-state index contributed by atoms with van der Waals surface area (Å²) < 4.78 is 26.3. The van der Waals surface area contributed by atoms with Crippen LogP contribution < -0.4 is 31.8 Å². The van der Waals surface area contributed by atoms with Gasteiger partial charge in [0, 0.05) is 32.8 Å². The van der Waals surface area contributed by atoms with Crippen LogP contribution in [0.2, 0.25) is 0 Å². The number of hydrogen-bond donors (Lipinski definition) is 0. The molecule has 4 nitrogen and oxygen atoms in total. The van der Waals surface area contributed by atoms with Crippen LogP contribution in [0.1, 0.15) is 137 Å². The third-order valence-corrected chi connectivity index (χ3v) is 28.9. The van der Waals surface area contributed by atoms with Crippen molar-refractivity contribution < 1.29 is 34.9 Å². The molecule has 0 aromatic heterocycles. The Bertz CT molecular complexity index is 3730. The minimum atomic E-state index is -0.446. The van der Waals surface area contributed by atoms with Gasteiger partial charge >= 0.3 is 35.0 Å². The van der Waals surface area contributed by atoms with Crippen LogP contribution in [0.15, 0.2) is 266 Å². The summed E-state index contributed by atoms with van der Waals surface area (Å²) in [4.78, 5) is 0. The largest absolute Gasteiger partial charge is 0.0622 e. The monoisotopic (exact) mass is 1740 g/mol. The van der Waals surface area contributed by atoms with Gasteiger partial charge in [-0.3, -0.25) is 0 Å². The van der Waals surface area contributed by atoms with Crippen LogP contribution in [0.5, 0.6) is 0 Å². The number of terminal acetylenes is 1. The van der Waals surface area contributed by atoms with Crippen molar-refractivity contribution in [2.45, 2.75) is 143 Å². The topological polar surface area (TPSA) is 36.9 Å². The second-order valence-corrected chi connectivity index (χ2v) is 37.4. The third kappa shape index (κ3) is 17.6. The Kier molecular flexibility index (Phi) is 28.6. The van der Waals surface area contributed by atoms with Gasteiger partial charge in [-0.05, 0) is 205 Å². The number of ether oxygens (including phenoxy) is 4. The van der Waals surface area contributed by atoms with Gasteiger partial charge in [0.05, 0.1) is 37.3 Å². The molecule has 0 amide bonds. The molecule has 532 valence electrons. The minimum Gasteiger partial charge on any atom is -0.0622 e. The molecule has 0 radical (unpaired) electrons. The van der Waals surface area contributed by atoms with E-state index in [2.05, 4.69) is 319 Å². The Morgan fingerprint density at radius 3 is 1.00 bits per heavy atom. The molecule has 6 aliphatic carbocycles. The number of rotatable bonds is 6. The summed E-state index contributed by atoms with van der Waals surface area (Å²) in [7, 11) is 8.74. The molecule has 0 N–H and O–H groups in total. The van der Waals surface area contributed by atoms with Crippen LogP contribution in [0.25, 0.3) is 0 Å². The van der Waals surface area contributed by atoms with Gasteiger partial charge < -0.3 is 18.9 Å². The van der Waals surface area contributed by atoms with E-state index in [4.69, 9.17) is 44.4 Å². The van der Waals surface area contributed by atoms with E-state index in [9.17, 15) is 0 Å². The standard InChI is InChI=1S/C27H34O2.C21H30O2.2C18H15P.C6H5I.2ClH.HI.Pd/c1-24(2)22-13-16-26(15-12-21-9-5-4-6-10-21)14-8-7-11-23(26)25(22,3)17-18-27(24)28-19-20-29-27;1-5-20-10-7-6-8-17(20)19(4)12-13-21(22-14-15-23-21)18(2,3)16(19)9-11-20;2*1-4-10-16(11-5-1)19(17-12-6-2-7-13-17)18-14-8-3-9-15-18;7-6-4-2-1-3-5-6;;;;/h4-6,9-11,22H,7-8,13-14,16-20H2,1-3H3;1,8,16H,6-7,9-15H2,2-4H3;2*1-15H;1-5H;3*1H;/q;;;;;;;;+2/p-2/t22-,25-,26-;16-,19-,20+;;;;;;;/m00......./s1. The van der Waals surface area contributed by atoms with Gasteiger partial charge in [-0.15, -0.1) is 30.4 Å². The maximum absolute atomic E-state index is 6.29. The Hall–Kier alpha value is -4.24.